The van der Waals surface area contributed by atoms with Crippen LogP contribution in [-0.2, 0) is 0 Å². The van der Waals surface area contributed by atoms with E-state index in [9.17, 15) is 5.11 Å². The largest absolute Gasteiger partial charge is 0.387 e. The van der Waals surface area contributed by atoms with Gasteiger partial charge >= 0.3 is 0 Å². The molecule has 1 atom stereocenters. The van der Waals surface area contributed by atoms with Crippen molar-refractivity contribution in [2.75, 3.05) is 39.8 Å². The SMILES string of the molecule is Cc1ccc(C(O)CNN2CCN(C)CC2)c(C)c1. The molecule has 0 saturated carbocycles. The molecule has 1 heterocycles. The van der Waals surface area contributed by atoms with Crippen LogP contribution in [0.1, 0.15) is 22.8 Å². The predicted octanol–water partition coefficient (Wildman–Crippen LogP) is 1.09. The second-order valence-corrected chi connectivity index (χ2v) is 5.53. The molecule has 19 heavy (non-hydrogen) atoms. The van der Waals surface area contributed by atoms with Crippen LogP contribution in [0.2, 0.25) is 0 Å². The molecule has 106 valence electrons. The van der Waals surface area contributed by atoms with Crippen LogP contribution in [0.4, 0.5) is 0 Å². The highest BCUT2D eigenvalue weighted by Gasteiger charge is 2.16. The van der Waals surface area contributed by atoms with Gasteiger partial charge in [-0.25, -0.2) is 5.01 Å². The molecule has 1 aliphatic rings. The number of benzene rings is 1. The van der Waals surface area contributed by atoms with Gasteiger partial charge in [-0.05, 0) is 32.0 Å². The highest BCUT2D eigenvalue weighted by atomic mass is 16.3. The summed E-state index contributed by atoms with van der Waals surface area (Å²) in [5.74, 6) is 0. The van der Waals surface area contributed by atoms with Crippen molar-refractivity contribution in [3.63, 3.8) is 0 Å². The molecule has 1 aromatic carbocycles. The first-order valence-corrected chi connectivity index (χ1v) is 6.98. The first-order chi connectivity index (χ1) is 9.06. The third-order valence-electron chi connectivity index (χ3n) is 3.80. The number of rotatable bonds is 4. The van der Waals surface area contributed by atoms with Gasteiger partial charge in [-0.15, -0.1) is 0 Å². The Morgan fingerprint density at radius 1 is 1.21 bits per heavy atom. The topological polar surface area (TPSA) is 38.7 Å². The van der Waals surface area contributed by atoms with Gasteiger partial charge in [-0.3, -0.25) is 5.43 Å². The van der Waals surface area contributed by atoms with E-state index in [0.29, 0.717) is 6.54 Å². The van der Waals surface area contributed by atoms with E-state index in [1.165, 1.54) is 5.56 Å². The molecule has 0 spiro atoms. The summed E-state index contributed by atoms with van der Waals surface area (Å²) in [5.41, 5.74) is 6.76. The van der Waals surface area contributed by atoms with E-state index in [2.05, 4.69) is 48.4 Å². The molecule has 4 heteroatoms. The van der Waals surface area contributed by atoms with E-state index >= 15 is 0 Å². The fourth-order valence-electron chi connectivity index (χ4n) is 2.49. The number of likely N-dealkylation sites (N-methyl/N-ethyl adjacent to an activating group) is 1. The van der Waals surface area contributed by atoms with Gasteiger partial charge in [0.2, 0.25) is 0 Å². The number of aliphatic hydroxyl groups is 1. The second-order valence-electron chi connectivity index (χ2n) is 5.53. The molecule has 2 N–H and O–H groups in total. The van der Waals surface area contributed by atoms with Crippen molar-refractivity contribution >= 4 is 0 Å². The van der Waals surface area contributed by atoms with Crippen molar-refractivity contribution in [3.05, 3.63) is 34.9 Å². The molecule has 1 aromatic rings. The molecule has 1 unspecified atom stereocenters. The van der Waals surface area contributed by atoms with Crippen LogP contribution >= 0.6 is 0 Å². The number of nitrogens with one attached hydrogen (secondary N) is 1. The third-order valence-corrected chi connectivity index (χ3v) is 3.80. The van der Waals surface area contributed by atoms with Crippen molar-refractivity contribution in [3.8, 4) is 0 Å². The minimum Gasteiger partial charge on any atom is -0.387 e. The van der Waals surface area contributed by atoms with Crippen molar-refractivity contribution in [2.24, 2.45) is 0 Å². The zero-order chi connectivity index (χ0) is 13.8. The first-order valence-electron chi connectivity index (χ1n) is 6.98. The van der Waals surface area contributed by atoms with E-state index in [1.54, 1.807) is 0 Å². The monoisotopic (exact) mass is 263 g/mol. The molecule has 1 aliphatic heterocycles. The minimum absolute atomic E-state index is 0.444. The Labute approximate surface area is 116 Å². The van der Waals surface area contributed by atoms with Gasteiger partial charge in [0.1, 0.15) is 0 Å². The van der Waals surface area contributed by atoms with E-state index in [1.807, 2.05) is 6.07 Å². The molecule has 0 radical (unpaired) electrons. The van der Waals surface area contributed by atoms with E-state index in [-0.39, 0.29) is 0 Å². The van der Waals surface area contributed by atoms with Crippen LogP contribution < -0.4 is 5.43 Å². The third kappa shape index (κ3) is 4.01. The summed E-state index contributed by atoms with van der Waals surface area (Å²) in [6, 6.07) is 6.21. The summed E-state index contributed by atoms with van der Waals surface area (Å²) in [6.45, 7) is 8.88. The van der Waals surface area contributed by atoms with Crippen LogP contribution in [-0.4, -0.2) is 54.8 Å². The Morgan fingerprint density at radius 3 is 2.53 bits per heavy atom. The lowest BCUT2D eigenvalue weighted by Crippen LogP contribution is -2.51. The molecule has 0 amide bonds. The fraction of sp³-hybridized carbons (Fsp3) is 0.600. The molecule has 0 bridgehead atoms. The van der Waals surface area contributed by atoms with Crippen molar-refractivity contribution < 1.29 is 5.11 Å². The Hall–Kier alpha value is -0.940. The van der Waals surface area contributed by atoms with Gasteiger partial charge in [0.25, 0.3) is 0 Å². The Kier molecular flexibility index (Phi) is 4.93. The molecule has 1 fully saturated rings. The summed E-state index contributed by atoms with van der Waals surface area (Å²) >= 11 is 0. The molecular weight excluding hydrogens is 238 g/mol. The van der Waals surface area contributed by atoms with Gasteiger partial charge in [-0.1, -0.05) is 23.8 Å². The van der Waals surface area contributed by atoms with Crippen LogP contribution in [0.15, 0.2) is 18.2 Å². The maximum Gasteiger partial charge on any atom is 0.0930 e. The molecule has 0 aromatic heterocycles. The number of hydrogen-bond acceptors (Lipinski definition) is 4. The molecule has 4 nitrogen and oxygen atoms in total. The Bertz CT molecular complexity index is 414. The smallest absolute Gasteiger partial charge is 0.0930 e. The number of hydrogen-bond donors (Lipinski definition) is 2. The Morgan fingerprint density at radius 2 is 1.89 bits per heavy atom. The zero-order valence-electron chi connectivity index (χ0n) is 12.2. The summed E-state index contributed by atoms with van der Waals surface area (Å²) in [6.07, 6.45) is -0.444. The van der Waals surface area contributed by atoms with Crippen LogP contribution in [0, 0.1) is 13.8 Å². The number of nitrogens with zero attached hydrogens (tertiary/aromatic N) is 2. The first kappa shape index (κ1) is 14.5. The van der Waals surface area contributed by atoms with Crippen LogP contribution in [0.25, 0.3) is 0 Å². The summed E-state index contributed by atoms with van der Waals surface area (Å²) < 4.78 is 0. The van der Waals surface area contributed by atoms with Gasteiger partial charge in [0.15, 0.2) is 0 Å². The predicted molar refractivity (Wildman–Crippen MR) is 77.9 cm³/mol. The van der Waals surface area contributed by atoms with E-state index in [4.69, 9.17) is 0 Å². The van der Waals surface area contributed by atoms with Crippen LogP contribution in [0.3, 0.4) is 0 Å². The van der Waals surface area contributed by atoms with Gasteiger partial charge < -0.3 is 10.0 Å². The number of piperazine rings is 1. The maximum absolute atomic E-state index is 10.3. The average molecular weight is 263 g/mol. The summed E-state index contributed by atoms with van der Waals surface area (Å²) in [4.78, 5) is 2.32. The van der Waals surface area contributed by atoms with Crippen molar-refractivity contribution in [2.45, 2.75) is 20.0 Å². The van der Waals surface area contributed by atoms with E-state index in [0.717, 1.165) is 37.3 Å². The maximum atomic E-state index is 10.3. The Balaban J connectivity index is 1.85. The highest BCUT2D eigenvalue weighted by molar-refractivity contribution is 5.32. The number of aryl methyl sites for hydroxylation is 2. The molecule has 2 rings (SSSR count). The lowest BCUT2D eigenvalue weighted by Gasteiger charge is -2.33. The second kappa shape index (κ2) is 6.48. The average Bonchev–Trinajstić information content (AvgIpc) is 2.37. The standard InChI is InChI=1S/C15H25N3O/c1-12-4-5-14(13(2)10-12)15(19)11-16-18-8-6-17(3)7-9-18/h4-5,10,15-16,19H,6-9,11H2,1-3H3. The van der Waals surface area contributed by atoms with Crippen LogP contribution in [0.5, 0.6) is 0 Å². The lowest BCUT2D eigenvalue weighted by molar-refractivity contribution is 0.0742. The minimum atomic E-state index is -0.444. The van der Waals surface area contributed by atoms with Gasteiger partial charge in [0.05, 0.1) is 6.10 Å². The number of aliphatic hydroxyl groups excluding tert-OH is 1. The molecular formula is C15H25N3O. The normalized spacial score (nSPS) is 19.6. The van der Waals surface area contributed by atoms with Gasteiger partial charge in [-0.2, -0.15) is 0 Å². The molecule has 1 saturated heterocycles. The molecule has 0 aliphatic carbocycles. The van der Waals surface area contributed by atoms with E-state index < -0.39 is 6.10 Å². The lowest BCUT2D eigenvalue weighted by atomic mass is 10.0. The van der Waals surface area contributed by atoms with Crippen molar-refractivity contribution in [1.29, 1.82) is 0 Å². The highest BCUT2D eigenvalue weighted by Crippen LogP contribution is 2.18. The fourth-order valence-corrected chi connectivity index (χ4v) is 2.49. The zero-order valence-corrected chi connectivity index (χ0v) is 12.2. The summed E-state index contributed by atoms with van der Waals surface area (Å²) in [7, 11) is 2.14. The number of hydrazine groups is 1. The van der Waals surface area contributed by atoms with Gasteiger partial charge in [0, 0.05) is 32.7 Å². The quantitative estimate of drug-likeness (QED) is 0.853. The summed E-state index contributed by atoms with van der Waals surface area (Å²) in [5, 5.41) is 12.5. The van der Waals surface area contributed by atoms with Crippen molar-refractivity contribution in [1.82, 2.24) is 15.3 Å².